The minimum absolute atomic E-state index is 0.289. The fraction of sp³-hybridized carbons (Fsp3) is 0.333. The molecule has 0 amide bonds. The standard InChI is InChI=1S/C12H14N2O2S/c1-4-16-12(15)10-8(2)13-11(17-10)9-6-5-7-14(9)3/h5-7H,4H2,1-3H3. The lowest BCUT2D eigenvalue weighted by molar-refractivity contribution is 0.0531. The van der Waals surface area contributed by atoms with Gasteiger partial charge in [-0.3, -0.25) is 0 Å². The number of carbonyl (C=O) groups is 1. The third-order valence-corrected chi connectivity index (χ3v) is 3.58. The maximum atomic E-state index is 11.7. The maximum Gasteiger partial charge on any atom is 0.350 e. The molecule has 0 fully saturated rings. The van der Waals surface area contributed by atoms with Gasteiger partial charge in [-0.25, -0.2) is 9.78 Å². The van der Waals surface area contributed by atoms with Crippen molar-refractivity contribution >= 4 is 17.3 Å². The Morgan fingerprint density at radius 1 is 1.59 bits per heavy atom. The van der Waals surface area contributed by atoms with E-state index in [2.05, 4.69) is 4.98 Å². The molecule has 0 saturated carbocycles. The van der Waals surface area contributed by atoms with E-state index in [1.54, 1.807) is 6.92 Å². The Bertz CT molecular complexity index is 542. The summed E-state index contributed by atoms with van der Waals surface area (Å²) in [5, 5.41) is 0.845. The Labute approximate surface area is 104 Å². The molecule has 0 unspecified atom stereocenters. The van der Waals surface area contributed by atoms with Crippen molar-refractivity contribution in [3.05, 3.63) is 28.9 Å². The molecule has 0 aliphatic carbocycles. The van der Waals surface area contributed by atoms with Gasteiger partial charge in [-0.05, 0) is 26.0 Å². The van der Waals surface area contributed by atoms with Crippen LogP contribution in [0.4, 0.5) is 0 Å². The molecule has 2 rings (SSSR count). The largest absolute Gasteiger partial charge is 0.462 e. The molecule has 5 heteroatoms. The van der Waals surface area contributed by atoms with Gasteiger partial charge in [0, 0.05) is 13.2 Å². The SMILES string of the molecule is CCOC(=O)c1sc(-c2cccn2C)nc1C. The van der Waals surface area contributed by atoms with Gasteiger partial charge in [0.15, 0.2) is 0 Å². The minimum atomic E-state index is -0.289. The van der Waals surface area contributed by atoms with Crippen molar-refractivity contribution in [2.24, 2.45) is 7.05 Å². The molecule has 4 nitrogen and oxygen atoms in total. The molecule has 0 aliphatic heterocycles. The van der Waals surface area contributed by atoms with Gasteiger partial charge >= 0.3 is 5.97 Å². The molecule has 0 spiro atoms. The molecule has 0 aromatic carbocycles. The quantitative estimate of drug-likeness (QED) is 0.787. The van der Waals surface area contributed by atoms with Crippen LogP contribution in [0.3, 0.4) is 0 Å². The summed E-state index contributed by atoms with van der Waals surface area (Å²) in [6.07, 6.45) is 1.95. The lowest BCUT2D eigenvalue weighted by Gasteiger charge is -1.98. The first-order chi connectivity index (χ1) is 8.13. The molecule has 0 radical (unpaired) electrons. The molecule has 0 N–H and O–H groups in total. The number of esters is 1. The summed E-state index contributed by atoms with van der Waals surface area (Å²) in [4.78, 5) is 16.7. The number of ether oxygens (including phenoxy) is 1. The van der Waals surface area contributed by atoms with Crippen LogP contribution in [0.1, 0.15) is 22.3 Å². The first kappa shape index (κ1) is 11.9. The average Bonchev–Trinajstić information content (AvgIpc) is 2.84. The minimum Gasteiger partial charge on any atom is -0.462 e. The van der Waals surface area contributed by atoms with Crippen LogP contribution in [0.15, 0.2) is 18.3 Å². The highest BCUT2D eigenvalue weighted by Crippen LogP contribution is 2.28. The maximum absolute atomic E-state index is 11.7. The van der Waals surface area contributed by atoms with E-state index in [0.29, 0.717) is 11.5 Å². The number of rotatable bonds is 3. The van der Waals surface area contributed by atoms with Crippen molar-refractivity contribution in [3.63, 3.8) is 0 Å². The molecule has 90 valence electrons. The fourth-order valence-corrected chi connectivity index (χ4v) is 2.60. The van der Waals surface area contributed by atoms with Gasteiger partial charge in [-0.15, -0.1) is 11.3 Å². The Morgan fingerprint density at radius 3 is 2.94 bits per heavy atom. The van der Waals surface area contributed by atoms with E-state index in [9.17, 15) is 4.79 Å². The first-order valence-electron chi connectivity index (χ1n) is 5.39. The zero-order valence-electron chi connectivity index (χ0n) is 10.1. The normalized spacial score (nSPS) is 10.5. The molecule has 0 atom stereocenters. The molecule has 0 saturated heterocycles. The molecular weight excluding hydrogens is 236 g/mol. The van der Waals surface area contributed by atoms with Crippen LogP contribution < -0.4 is 0 Å². The van der Waals surface area contributed by atoms with Crippen LogP contribution in [-0.2, 0) is 11.8 Å². The van der Waals surface area contributed by atoms with Crippen LogP contribution in [-0.4, -0.2) is 22.1 Å². The molecule has 2 heterocycles. The molecule has 17 heavy (non-hydrogen) atoms. The highest BCUT2D eigenvalue weighted by atomic mass is 32.1. The van der Waals surface area contributed by atoms with Crippen LogP contribution in [0.25, 0.3) is 10.7 Å². The van der Waals surface area contributed by atoms with Crippen molar-refractivity contribution in [3.8, 4) is 10.7 Å². The molecule has 0 bridgehead atoms. The van der Waals surface area contributed by atoms with Gasteiger partial charge in [0.1, 0.15) is 9.88 Å². The second-order valence-corrected chi connectivity index (χ2v) is 4.66. The molecule has 0 aliphatic rings. The van der Waals surface area contributed by atoms with E-state index < -0.39 is 0 Å². The zero-order chi connectivity index (χ0) is 12.4. The number of aryl methyl sites for hydroxylation is 2. The van der Waals surface area contributed by atoms with Crippen LogP contribution in [0.2, 0.25) is 0 Å². The second-order valence-electron chi connectivity index (χ2n) is 3.66. The summed E-state index contributed by atoms with van der Waals surface area (Å²) in [5.74, 6) is -0.289. The van der Waals surface area contributed by atoms with Crippen molar-refractivity contribution < 1.29 is 9.53 Å². The van der Waals surface area contributed by atoms with Gasteiger partial charge in [0.2, 0.25) is 0 Å². The summed E-state index contributed by atoms with van der Waals surface area (Å²) in [6, 6.07) is 3.93. The number of hydrogen-bond donors (Lipinski definition) is 0. The van der Waals surface area contributed by atoms with Crippen molar-refractivity contribution in [1.82, 2.24) is 9.55 Å². The van der Waals surface area contributed by atoms with E-state index in [-0.39, 0.29) is 5.97 Å². The van der Waals surface area contributed by atoms with E-state index in [1.807, 2.05) is 36.9 Å². The first-order valence-corrected chi connectivity index (χ1v) is 6.21. The van der Waals surface area contributed by atoms with Crippen molar-refractivity contribution in [2.45, 2.75) is 13.8 Å². The monoisotopic (exact) mass is 250 g/mol. The van der Waals surface area contributed by atoms with Gasteiger partial charge in [-0.2, -0.15) is 0 Å². The van der Waals surface area contributed by atoms with Crippen LogP contribution >= 0.6 is 11.3 Å². The summed E-state index contributed by atoms with van der Waals surface area (Å²) >= 11 is 1.37. The Hall–Kier alpha value is -1.62. The van der Waals surface area contributed by atoms with E-state index in [4.69, 9.17) is 4.74 Å². The number of nitrogens with zero attached hydrogens (tertiary/aromatic N) is 2. The highest BCUT2D eigenvalue weighted by molar-refractivity contribution is 7.17. The van der Waals surface area contributed by atoms with Gasteiger partial charge in [0.25, 0.3) is 0 Å². The average molecular weight is 250 g/mol. The van der Waals surface area contributed by atoms with Crippen molar-refractivity contribution in [2.75, 3.05) is 6.61 Å². The number of aromatic nitrogens is 2. The van der Waals surface area contributed by atoms with Gasteiger partial charge in [-0.1, -0.05) is 0 Å². The zero-order valence-corrected chi connectivity index (χ0v) is 10.9. The number of thiazole rings is 1. The van der Waals surface area contributed by atoms with Crippen LogP contribution in [0, 0.1) is 6.92 Å². The highest BCUT2D eigenvalue weighted by Gasteiger charge is 2.17. The third-order valence-electron chi connectivity index (χ3n) is 2.42. The smallest absolute Gasteiger partial charge is 0.350 e. The van der Waals surface area contributed by atoms with Crippen molar-refractivity contribution in [1.29, 1.82) is 0 Å². The molecule has 2 aromatic heterocycles. The summed E-state index contributed by atoms with van der Waals surface area (Å²) in [5.41, 5.74) is 1.73. The predicted molar refractivity (Wildman–Crippen MR) is 67.2 cm³/mol. The summed E-state index contributed by atoms with van der Waals surface area (Å²) in [7, 11) is 1.95. The molecular formula is C12H14N2O2S. The lowest BCUT2D eigenvalue weighted by Crippen LogP contribution is -2.03. The van der Waals surface area contributed by atoms with E-state index in [0.717, 1.165) is 16.4 Å². The Balaban J connectivity index is 2.37. The fourth-order valence-electron chi connectivity index (χ4n) is 1.58. The number of carbonyl (C=O) groups excluding carboxylic acids is 1. The van der Waals surface area contributed by atoms with Gasteiger partial charge < -0.3 is 9.30 Å². The van der Waals surface area contributed by atoms with E-state index in [1.165, 1.54) is 11.3 Å². The third kappa shape index (κ3) is 2.24. The predicted octanol–water partition coefficient (Wildman–Crippen LogP) is 2.63. The Morgan fingerprint density at radius 2 is 2.35 bits per heavy atom. The van der Waals surface area contributed by atoms with Gasteiger partial charge in [0.05, 0.1) is 18.0 Å². The molecule has 2 aromatic rings. The Kier molecular flexibility index (Phi) is 3.28. The lowest BCUT2D eigenvalue weighted by atomic mass is 10.4. The topological polar surface area (TPSA) is 44.1 Å². The summed E-state index contributed by atoms with van der Waals surface area (Å²) < 4.78 is 6.97. The summed E-state index contributed by atoms with van der Waals surface area (Å²) in [6.45, 7) is 4.01. The second kappa shape index (κ2) is 4.71. The number of hydrogen-bond acceptors (Lipinski definition) is 4. The van der Waals surface area contributed by atoms with E-state index >= 15 is 0 Å². The van der Waals surface area contributed by atoms with Crippen LogP contribution in [0.5, 0.6) is 0 Å².